The van der Waals surface area contributed by atoms with Crippen molar-refractivity contribution < 1.29 is 4.74 Å². The van der Waals surface area contributed by atoms with Crippen molar-refractivity contribution in [3.63, 3.8) is 0 Å². The van der Waals surface area contributed by atoms with E-state index in [9.17, 15) is 0 Å². The summed E-state index contributed by atoms with van der Waals surface area (Å²) in [6.07, 6.45) is 3.42. The number of methoxy groups -OCH3 is 1. The summed E-state index contributed by atoms with van der Waals surface area (Å²) < 4.78 is 5.97. The molecule has 0 radical (unpaired) electrons. The van der Waals surface area contributed by atoms with E-state index < -0.39 is 0 Å². The Kier molecular flexibility index (Phi) is 6.69. The maximum atomic E-state index is 6.37. The number of para-hydroxylation sites is 2. The number of nitrogen functional groups attached to an aromatic ring is 1. The van der Waals surface area contributed by atoms with Crippen LogP contribution in [-0.4, -0.2) is 13.7 Å². The summed E-state index contributed by atoms with van der Waals surface area (Å²) in [5.74, 6) is 2.85. The lowest BCUT2D eigenvalue weighted by Gasteiger charge is -2.44. The third kappa shape index (κ3) is 4.31. The highest BCUT2D eigenvalue weighted by molar-refractivity contribution is 5.78. The fourth-order valence-corrected chi connectivity index (χ4v) is 5.38. The van der Waals surface area contributed by atoms with Crippen molar-refractivity contribution in [3.05, 3.63) is 47.5 Å². The van der Waals surface area contributed by atoms with Gasteiger partial charge in [-0.2, -0.15) is 0 Å². The lowest BCUT2D eigenvalue weighted by Crippen LogP contribution is -2.34. The molecular formula is C27H40N2O. The Balaban J connectivity index is 2.16. The fraction of sp³-hybridized carbons (Fsp3) is 0.556. The van der Waals surface area contributed by atoms with E-state index in [1.807, 2.05) is 12.1 Å². The minimum Gasteiger partial charge on any atom is -0.495 e. The smallest absolute Gasteiger partial charge is 0.142 e. The van der Waals surface area contributed by atoms with Crippen LogP contribution in [-0.2, 0) is 6.42 Å². The normalized spacial score (nSPS) is 18.9. The SMILES string of the molecule is CCCN(c1ccccc1N)c1cc2c(cc1OC)C(C(C)(C)C)C(C(C)C)CC2. The van der Waals surface area contributed by atoms with Crippen LogP contribution in [0.3, 0.4) is 0 Å². The van der Waals surface area contributed by atoms with Crippen LogP contribution in [0.1, 0.15) is 71.4 Å². The van der Waals surface area contributed by atoms with E-state index in [4.69, 9.17) is 10.5 Å². The average Bonchev–Trinajstić information content (AvgIpc) is 2.70. The highest BCUT2D eigenvalue weighted by atomic mass is 16.5. The summed E-state index contributed by atoms with van der Waals surface area (Å²) in [6, 6.07) is 12.8. The van der Waals surface area contributed by atoms with Gasteiger partial charge in [-0.15, -0.1) is 0 Å². The molecule has 2 N–H and O–H groups in total. The maximum absolute atomic E-state index is 6.37. The van der Waals surface area contributed by atoms with E-state index in [1.54, 1.807) is 7.11 Å². The van der Waals surface area contributed by atoms with Crippen molar-refractivity contribution in [2.45, 2.75) is 66.7 Å². The second-order valence-corrected chi connectivity index (χ2v) is 10.2. The molecule has 0 saturated heterocycles. The molecule has 0 spiro atoms. The lowest BCUT2D eigenvalue weighted by molar-refractivity contribution is 0.169. The minimum absolute atomic E-state index is 0.212. The molecule has 3 heteroatoms. The van der Waals surface area contributed by atoms with Crippen LogP contribution in [0.5, 0.6) is 5.75 Å². The van der Waals surface area contributed by atoms with Gasteiger partial charge >= 0.3 is 0 Å². The summed E-state index contributed by atoms with van der Waals surface area (Å²) in [5.41, 5.74) is 12.5. The molecule has 0 aliphatic heterocycles. The van der Waals surface area contributed by atoms with Crippen molar-refractivity contribution in [1.82, 2.24) is 0 Å². The van der Waals surface area contributed by atoms with Gasteiger partial charge < -0.3 is 15.4 Å². The number of aryl methyl sites for hydroxylation is 1. The van der Waals surface area contributed by atoms with Gasteiger partial charge in [0.15, 0.2) is 0 Å². The molecule has 0 aromatic heterocycles. The minimum atomic E-state index is 0.212. The van der Waals surface area contributed by atoms with Crippen LogP contribution in [0.15, 0.2) is 36.4 Å². The molecule has 3 nitrogen and oxygen atoms in total. The van der Waals surface area contributed by atoms with Crippen LogP contribution in [0.25, 0.3) is 0 Å². The predicted octanol–water partition coefficient (Wildman–Crippen LogP) is 7.17. The highest BCUT2D eigenvalue weighted by Crippen LogP contribution is 2.52. The van der Waals surface area contributed by atoms with Gasteiger partial charge in [-0.05, 0) is 77.8 Å². The van der Waals surface area contributed by atoms with E-state index in [-0.39, 0.29) is 5.41 Å². The van der Waals surface area contributed by atoms with Gasteiger partial charge in [-0.3, -0.25) is 0 Å². The Hall–Kier alpha value is -2.16. The Labute approximate surface area is 183 Å². The average molecular weight is 409 g/mol. The number of ether oxygens (including phenoxy) is 1. The summed E-state index contributed by atoms with van der Waals surface area (Å²) in [4.78, 5) is 2.33. The molecule has 0 heterocycles. The summed E-state index contributed by atoms with van der Waals surface area (Å²) >= 11 is 0. The number of nitrogens with zero attached hydrogens (tertiary/aromatic N) is 1. The molecule has 1 aliphatic carbocycles. The zero-order valence-corrected chi connectivity index (χ0v) is 20.0. The van der Waals surface area contributed by atoms with Gasteiger partial charge in [0.2, 0.25) is 0 Å². The van der Waals surface area contributed by atoms with E-state index in [0.717, 1.165) is 42.2 Å². The van der Waals surface area contributed by atoms with E-state index in [0.29, 0.717) is 17.8 Å². The monoisotopic (exact) mass is 408 g/mol. The molecule has 2 atom stereocenters. The topological polar surface area (TPSA) is 38.5 Å². The number of anilines is 3. The van der Waals surface area contributed by atoms with Crippen LogP contribution < -0.4 is 15.4 Å². The van der Waals surface area contributed by atoms with Crippen LogP contribution in [0.4, 0.5) is 17.1 Å². The first kappa shape index (κ1) is 22.5. The van der Waals surface area contributed by atoms with Crippen molar-refractivity contribution in [1.29, 1.82) is 0 Å². The molecule has 164 valence electrons. The molecule has 2 aromatic carbocycles. The first-order valence-corrected chi connectivity index (χ1v) is 11.5. The number of hydrogen-bond donors (Lipinski definition) is 1. The second-order valence-electron chi connectivity index (χ2n) is 10.2. The molecule has 0 bridgehead atoms. The molecular weight excluding hydrogens is 368 g/mol. The van der Waals surface area contributed by atoms with Crippen LogP contribution in [0.2, 0.25) is 0 Å². The number of nitrogens with two attached hydrogens (primary N) is 1. The molecule has 0 fully saturated rings. The summed E-state index contributed by atoms with van der Waals surface area (Å²) in [6.45, 7) is 15.0. The zero-order chi connectivity index (χ0) is 22.1. The Bertz CT molecular complexity index is 866. The van der Waals surface area contributed by atoms with Gasteiger partial charge in [-0.1, -0.05) is 53.7 Å². The van der Waals surface area contributed by atoms with Crippen molar-refractivity contribution in [2.24, 2.45) is 17.3 Å². The fourth-order valence-electron chi connectivity index (χ4n) is 5.38. The van der Waals surface area contributed by atoms with E-state index in [2.05, 4.69) is 70.7 Å². The van der Waals surface area contributed by atoms with Crippen LogP contribution in [0, 0.1) is 17.3 Å². The molecule has 2 unspecified atom stereocenters. The number of rotatable bonds is 6. The Morgan fingerprint density at radius 1 is 1.13 bits per heavy atom. The summed E-state index contributed by atoms with van der Waals surface area (Å²) in [5, 5.41) is 0. The van der Waals surface area contributed by atoms with Gasteiger partial charge in [0, 0.05) is 6.54 Å². The van der Waals surface area contributed by atoms with Crippen molar-refractivity contribution >= 4 is 17.1 Å². The Morgan fingerprint density at radius 2 is 1.83 bits per heavy atom. The zero-order valence-electron chi connectivity index (χ0n) is 20.0. The molecule has 2 aromatic rings. The van der Waals surface area contributed by atoms with E-state index >= 15 is 0 Å². The van der Waals surface area contributed by atoms with Crippen molar-refractivity contribution in [2.75, 3.05) is 24.3 Å². The number of fused-ring (bicyclic) bond motifs is 1. The first-order valence-electron chi connectivity index (χ1n) is 11.5. The largest absolute Gasteiger partial charge is 0.495 e. The highest BCUT2D eigenvalue weighted by Gasteiger charge is 2.39. The summed E-state index contributed by atoms with van der Waals surface area (Å²) in [7, 11) is 1.79. The third-order valence-corrected chi connectivity index (χ3v) is 6.71. The second kappa shape index (κ2) is 8.91. The van der Waals surface area contributed by atoms with Gasteiger partial charge in [0.25, 0.3) is 0 Å². The maximum Gasteiger partial charge on any atom is 0.142 e. The van der Waals surface area contributed by atoms with Gasteiger partial charge in [0.05, 0.1) is 24.2 Å². The molecule has 3 rings (SSSR count). The number of hydrogen-bond acceptors (Lipinski definition) is 3. The van der Waals surface area contributed by atoms with Gasteiger partial charge in [-0.25, -0.2) is 0 Å². The molecule has 1 aliphatic rings. The number of benzene rings is 2. The van der Waals surface area contributed by atoms with Crippen LogP contribution >= 0.6 is 0 Å². The molecule has 30 heavy (non-hydrogen) atoms. The third-order valence-electron chi connectivity index (χ3n) is 6.71. The quantitative estimate of drug-likeness (QED) is 0.515. The van der Waals surface area contributed by atoms with E-state index in [1.165, 1.54) is 17.5 Å². The standard InChI is InChI=1S/C27H40N2O/c1-8-15-29(23-12-10-9-11-22(23)28)24-16-19-13-14-20(18(2)3)26(27(4,5)6)21(19)17-25(24)30-7/h9-12,16-18,20,26H,8,13-15,28H2,1-7H3. The Morgan fingerprint density at radius 3 is 2.40 bits per heavy atom. The molecule has 0 amide bonds. The first-order chi connectivity index (χ1) is 14.2. The lowest BCUT2D eigenvalue weighted by atomic mass is 9.61. The predicted molar refractivity (Wildman–Crippen MR) is 130 cm³/mol. The van der Waals surface area contributed by atoms with Gasteiger partial charge in [0.1, 0.15) is 5.75 Å². The van der Waals surface area contributed by atoms with Crippen molar-refractivity contribution in [3.8, 4) is 5.75 Å². The molecule has 0 saturated carbocycles.